The van der Waals surface area contributed by atoms with Gasteiger partial charge in [0.1, 0.15) is 5.82 Å². The molecule has 1 aromatic carbocycles. The molecular weight excluding hydrogens is 286 g/mol. The minimum absolute atomic E-state index is 0.597. The second-order valence-electron chi connectivity index (χ2n) is 5.26. The Morgan fingerprint density at radius 3 is 2.26 bits per heavy atom. The normalized spacial score (nSPS) is 10.5. The van der Waals surface area contributed by atoms with Gasteiger partial charge in [-0.2, -0.15) is 0 Å². The third-order valence-electron chi connectivity index (χ3n) is 3.88. The van der Waals surface area contributed by atoms with Crippen molar-refractivity contribution in [3.8, 4) is 28.1 Å². The third-order valence-corrected chi connectivity index (χ3v) is 3.88. The Hall–Kier alpha value is -2.88. The molecule has 0 saturated carbocycles. The molecule has 0 atom stereocenters. The maximum Gasteiger partial charge on any atom is 0.212 e. The van der Waals surface area contributed by atoms with Crippen LogP contribution in [0.1, 0.15) is 12.5 Å². The summed E-state index contributed by atoms with van der Waals surface area (Å²) in [5.41, 5.74) is 11.3. The number of methoxy groups -OCH3 is 1. The van der Waals surface area contributed by atoms with E-state index < -0.39 is 0 Å². The van der Waals surface area contributed by atoms with Gasteiger partial charge >= 0.3 is 0 Å². The molecule has 0 bridgehead atoms. The summed E-state index contributed by atoms with van der Waals surface area (Å²) in [6.45, 7) is 2.08. The number of hydrogen-bond donors (Lipinski definition) is 1. The van der Waals surface area contributed by atoms with E-state index in [1.807, 2.05) is 36.7 Å². The van der Waals surface area contributed by atoms with Gasteiger partial charge in [0.05, 0.1) is 7.11 Å². The highest BCUT2D eigenvalue weighted by atomic mass is 16.5. The quantitative estimate of drug-likeness (QED) is 0.792. The van der Waals surface area contributed by atoms with Crippen LogP contribution < -0.4 is 10.5 Å². The Morgan fingerprint density at radius 2 is 1.65 bits per heavy atom. The molecule has 0 amide bonds. The highest BCUT2D eigenvalue weighted by Crippen LogP contribution is 2.32. The summed E-state index contributed by atoms with van der Waals surface area (Å²) in [5.74, 6) is 1.20. The van der Waals surface area contributed by atoms with E-state index in [9.17, 15) is 0 Å². The van der Waals surface area contributed by atoms with Crippen molar-refractivity contribution in [2.24, 2.45) is 0 Å². The van der Waals surface area contributed by atoms with E-state index in [2.05, 4.69) is 35.1 Å². The molecule has 0 saturated heterocycles. The summed E-state index contributed by atoms with van der Waals surface area (Å²) >= 11 is 0. The van der Waals surface area contributed by atoms with E-state index in [1.54, 1.807) is 7.11 Å². The standard InChI is InChI=1S/C19H19N3O/c1-3-13-10-15(12-22-19(13)20)17-7-5-4-6-16(17)14-8-9-18(23-2)21-11-14/h4-12H,3H2,1-2H3,(H2,20,22). The summed E-state index contributed by atoms with van der Waals surface area (Å²) in [6.07, 6.45) is 4.51. The molecule has 23 heavy (non-hydrogen) atoms. The van der Waals surface area contributed by atoms with Crippen molar-refractivity contribution in [2.45, 2.75) is 13.3 Å². The van der Waals surface area contributed by atoms with E-state index in [0.717, 1.165) is 34.2 Å². The van der Waals surface area contributed by atoms with Crippen LogP contribution in [0.3, 0.4) is 0 Å². The third kappa shape index (κ3) is 3.01. The molecule has 0 fully saturated rings. The van der Waals surface area contributed by atoms with Gasteiger partial charge in [-0.1, -0.05) is 31.2 Å². The molecule has 2 N–H and O–H groups in total. The van der Waals surface area contributed by atoms with Crippen LogP contribution in [-0.2, 0) is 6.42 Å². The second-order valence-corrected chi connectivity index (χ2v) is 5.26. The molecule has 116 valence electrons. The maximum atomic E-state index is 5.92. The Bertz CT molecular complexity index is 813. The van der Waals surface area contributed by atoms with E-state index in [0.29, 0.717) is 11.7 Å². The van der Waals surface area contributed by atoms with Crippen LogP contribution >= 0.6 is 0 Å². The fourth-order valence-corrected chi connectivity index (χ4v) is 2.60. The lowest BCUT2D eigenvalue weighted by Crippen LogP contribution is -1.97. The summed E-state index contributed by atoms with van der Waals surface area (Å²) in [6, 6.07) is 14.2. The molecule has 0 aliphatic rings. The van der Waals surface area contributed by atoms with Gasteiger partial charge in [-0.05, 0) is 35.2 Å². The number of benzene rings is 1. The molecule has 0 spiro atoms. The number of pyridine rings is 2. The zero-order valence-electron chi connectivity index (χ0n) is 13.3. The van der Waals surface area contributed by atoms with Crippen LogP contribution in [0.15, 0.2) is 54.9 Å². The first-order chi connectivity index (χ1) is 11.2. The van der Waals surface area contributed by atoms with Crippen LogP contribution in [0.5, 0.6) is 5.88 Å². The van der Waals surface area contributed by atoms with Gasteiger partial charge < -0.3 is 10.5 Å². The van der Waals surface area contributed by atoms with Crippen molar-refractivity contribution < 1.29 is 4.74 Å². The molecule has 4 nitrogen and oxygen atoms in total. The highest BCUT2D eigenvalue weighted by Gasteiger charge is 2.10. The average Bonchev–Trinajstić information content (AvgIpc) is 2.62. The number of nitrogens with zero attached hydrogens (tertiary/aromatic N) is 2. The van der Waals surface area contributed by atoms with Crippen LogP contribution in [0.25, 0.3) is 22.3 Å². The van der Waals surface area contributed by atoms with E-state index in [1.165, 1.54) is 0 Å². The Morgan fingerprint density at radius 1 is 0.957 bits per heavy atom. The number of aryl methyl sites for hydroxylation is 1. The first kappa shape index (κ1) is 15.0. The summed E-state index contributed by atoms with van der Waals surface area (Å²) in [4.78, 5) is 8.63. The van der Waals surface area contributed by atoms with E-state index >= 15 is 0 Å². The van der Waals surface area contributed by atoms with E-state index in [4.69, 9.17) is 10.5 Å². The zero-order chi connectivity index (χ0) is 16.2. The van der Waals surface area contributed by atoms with Gasteiger partial charge in [0.25, 0.3) is 0 Å². The van der Waals surface area contributed by atoms with Crippen LogP contribution in [0.2, 0.25) is 0 Å². The number of hydrogen-bond acceptors (Lipinski definition) is 4. The van der Waals surface area contributed by atoms with Crippen molar-refractivity contribution in [1.82, 2.24) is 9.97 Å². The lowest BCUT2D eigenvalue weighted by molar-refractivity contribution is 0.398. The Kier molecular flexibility index (Phi) is 4.24. The highest BCUT2D eigenvalue weighted by molar-refractivity contribution is 5.83. The lowest BCUT2D eigenvalue weighted by Gasteiger charge is -2.12. The SMILES string of the molecule is CCc1cc(-c2ccccc2-c2ccc(OC)nc2)cnc1N. The smallest absolute Gasteiger partial charge is 0.212 e. The topological polar surface area (TPSA) is 61.0 Å². The van der Waals surface area contributed by atoms with Crippen molar-refractivity contribution in [1.29, 1.82) is 0 Å². The van der Waals surface area contributed by atoms with Crippen LogP contribution in [0.4, 0.5) is 5.82 Å². The number of nitrogens with two attached hydrogens (primary N) is 1. The molecular formula is C19H19N3O. The fourth-order valence-electron chi connectivity index (χ4n) is 2.60. The van der Waals surface area contributed by atoms with Gasteiger partial charge in [-0.15, -0.1) is 0 Å². The molecule has 4 heteroatoms. The molecule has 0 unspecified atom stereocenters. The van der Waals surface area contributed by atoms with Gasteiger partial charge in [-0.3, -0.25) is 0 Å². The number of nitrogen functional groups attached to an aromatic ring is 1. The maximum absolute atomic E-state index is 5.92. The number of ether oxygens (including phenoxy) is 1. The molecule has 0 radical (unpaired) electrons. The zero-order valence-corrected chi connectivity index (χ0v) is 13.3. The largest absolute Gasteiger partial charge is 0.481 e. The predicted molar refractivity (Wildman–Crippen MR) is 93.2 cm³/mol. The van der Waals surface area contributed by atoms with Gasteiger partial charge in [-0.25, -0.2) is 9.97 Å². The van der Waals surface area contributed by atoms with Crippen LogP contribution in [0, 0.1) is 0 Å². The first-order valence-electron chi connectivity index (χ1n) is 7.57. The minimum atomic E-state index is 0.597. The van der Waals surface area contributed by atoms with Gasteiger partial charge in [0.2, 0.25) is 5.88 Å². The first-order valence-corrected chi connectivity index (χ1v) is 7.57. The predicted octanol–water partition coefficient (Wildman–Crippen LogP) is 3.96. The van der Waals surface area contributed by atoms with Crippen molar-refractivity contribution in [3.05, 3.63) is 60.4 Å². The van der Waals surface area contributed by atoms with Crippen molar-refractivity contribution in [2.75, 3.05) is 12.8 Å². The lowest BCUT2D eigenvalue weighted by atomic mass is 9.95. The van der Waals surface area contributed by atoms with E-state index in [-0.39, 0.29) is 0 Å². The monoisotopic (exact) mass is 305 g/mol. The summed E-state index contributed by atoms with van der Waals surface area (Å²) in [7, 11) is 1.61. The number of aromatic nitrogens is 2. The van der Waals surface area contributed by atoms with Crippen molar-refractivity contribution >= 4 is 5.82 Å². The van der Waals surface area contributed by atoms with Gasteiger partial charge in [0.15, 0.2) is 0 Å². The Balaban J connectivity index is 2.10. The molecule has 3 rings (SSSR count). The fraction of sp³-hybridized carbons (Fsp3) is 0.158. The molecule has 2 aromatic heterocycles. The molecule has 3 aromatic rings. The number of anilines is 1. The Labute approximate surface area is 136 Å². The number of rotatable bonds is 4. The average molecular weight is 305 g/mol. The molecule has 0 aliphatic heterocycles. The van der Waals surface area contributed by atoms with Crippen molar-refractivity contribution in [3.63, 3.8) is 0 Å². The van der Waals surface area contributed by atoms with Gasteiger partial charge in [0, 0.05) is 29.6 Å². The van der Waals surface area contributed by atoms with Crippen LogP contribution in [-0.4, -0.2) is 17.1 Å². The summed E-state index contributed by atoms with van der Waals surface area (Å²) in [5, 5.41) is 0. The second kappa shape index (κ2) is 6.48. The molecule has 2 heterocycles. The summed E-state index contributed by atoms with van der Waals surface area (Å²) < 4.78 is 5.13. The minimum Gasteiger partial charge on any atom is -0.481 e. The molecule has 0 aliphatic carbocycles.